The van der Waals surface area contributed by atoms with Gasteiger partial charge in [-0.15, -0.1) is 11.3 Å². The van der Waals surface area contributed by atoms with Gasteiger partial charge in [0.25, 0.3) is 0 Å². The summed E-state index contributed by atoms with van der Waals surface area (Å²) in [6, 6.07) is 3.18. The molecule has 2 aliphatic rings. The number of amidine groups is 1. The van der Waals surface area contributed by atoms with E-state index in [4.69, 9.17) is 26.1 Å². The summed E-state index contributed by atoms with van der Waals surface area (Å²) in [4.78, 5) is 34.4. The molecule has 0 spiro atoms. The Kier molecular flexibility index (Phi) is 7.09. The van der Waals surface area contributed by atoms with Gasteiger partial charge in [-0.2, -0.15) is 0 Å². The molecular formula is C23H23ClFN3O4S. The van der Waals surface area contributed by atoms with Crippen LogP contribution >= 0.6 is 22.9 Å². The zero-order valence-corrected chi connectivity index (χ0v) is 19.7. The van der Waals surface area contributed by atoms with E-state index in [1.165, 1.54) is 43.8 Å². The number of methoxy groups -OCH3 is 2. The minimum Gasteiger partial charge on any atom is -0.469 e. The average molecular weight is 492 g/mol. The van der Waals surface area contributed by atoms with Crippen molar-refractivity contribution in [2.24, 2.45) is 16.8 Å². The van der Waals surface area contributed by atoms with Crippen molar-refractivity contribution < 1.29 is 23.5 Å². The fourth-order valence-corrected chi connectivity index (χ4v) is 5.31. The molecule has 1 aliphatic heterocycles. The Hall–Kier alpha value is -2.78. The maximum absolute atomic E-state index is 13.8. The van der Waals surface area contributed by atoms with Gasteiger partial charge in [0.05, 0.1) is 25.7 Å². The van der Waals surface area contributed by atoms with Crippen LogP contribution in [0.2, 0.25) is 5.02 Å². The number of esters is 2. The van der Waals surface area contributed by atoms with E-state index in [1.807, 2.05) is 5.38 Å². The van der Waals surface area contributed by atoms with Gasteiger partial charge >= 0.3 is 11.9 Å². The van der Waals surface area contributed by atoms with Crippen molar-refractivity contribution in [3.8, 4) is 0 Å². The monoisotopic (exact) mass is 491 g/mol. The van der Waals surface area contributed by atoms with Crippen LogP contribution in [0.5, 0.6) is 0 Å². The number of nitrogens with one attached hydrogen (secondary N) is 1. The van der Waals surface area contributed by atoms with Crippen LogP contribution in [-0.2, 0) is 19.1 Å². The van der Waals surface area contributed by atoms with Crippen LogP contribution in [0.4, 0.5) is 4.39 Å². The standard InChI is InChI=1S/C23H23ClFN3O4S/c1-31-22(29)13-5-3-4-12(10-13)18-17(23(30)32-2)19(15-7-6-14(25)11-16(15)24)28-20(27-18)21-26-8-9-33-21/h6-9,11-13,19H,3-5,10H2,1-2H3,(H,27,28)/t12-,13+,19?/m0/s1. The lowest BCUT2D eigenvalue weighted by Gasteiger charge is -2.35. The normalized spacial score (nSPS) is 22.9. The van der Waals surface area contributed by atoms with Crippen LogP contribution in [0, 0.1) is 17.7 Å². The number of carbonyl (C=O) groups excluding carboxylic acids is 2. The lowest BCUT2D eigenvalue weighted by Crippen LogP contribution is -2.38. The molecule has 2 aromatic rings. The summed E-state index contributed by atoms with van der Waals surface area (Å²) in [5.74, 6) is -1.23. The first kappa shape index (κ1) is 23.4. The molecule has 0 amide bonds. The maximum atomic E-state index is 13.8. The third-order valence-electron chi connectivity index (χ3n) is 5.99. The molecule has 0 bridgehead atoms. The summed E-state index contributed by atoms with van der Waals surface area (Å²) in [7, 11) is 2.68. The number of hydrogen-bond donors (Lipinski definition) is 1. The quantitative estimate of drug-likeness (QED) is 0.622. The van der Waals surface area contributed by atoms with E-state index in [0.29, 0.717) is 34.1 Å². The minimum absolute atomic E-state index is 0.135. The van der Waals surface area contributed by atoms with E-state index in [1.54, 1.807) is 6.20 Å². The Morgan fingerprint density at radius 3 is 2.73 bits per heavy atom. The Morgan fingerprint density at radius 2 is 2.06 bits per heavy atom. The number of rotatable bonds is 5. The third kappa shape index (κ3) is 4.79. The van der Waals surface area contributed by atoms with Crippen molar-refractivity contribution in [2.75, 3.05) is 14.2 Å². The second-order valence-electron chi connectivity index (χ2n) is 7.91. The topological polar surface area (TPSA) is 89.9 Å². The van der Waals surface area contributed by atoms with Crippen LogP contribution in [0.25, 0.3) is 0 Å². The molecular weight excluding hydrogens is 469 g/mol. The van der Waals surface area contributed by atoms with Gasteiger partial charge in [-0.1, -0.05) is 24.1 Å². The smallest absolute Gasteiger partial charge is 0.338 e. The highest BCUT2D eigenvalue weighted by molar-refractivity contribution is 7.11. The molecule has 1 aromatic heterocycles. The first-order chi connectivity index (χ1) is 15.9. The van der Waals surface area contributed by atoms with Gasteiger partial charge in [0.1, 0.15) is 11.9 Å². The van der Waals surface area contributed by atoms with Crippen LogP contribution in [-0.4, -0.2) is 37.0 Å². The average Bonchev–Trinajstić information content (AvgIpc) is 3.37. The number of aliphatic imine (C=N–C) groups is 1. The molecule has 1 N–H and O–H groups in total. The third-order valence-corrected chi connectivity index (χ3v) is 7.10. The molecule has 0 saturated heterocycles. The van der Waals surface area contributed by atoms with Crippen LogP contribution < -0.4 is 5.32 Å². The van der Waals surface area contributed by atoms with Crippen molar-refractivity contribution in [1.29, 1.82) is 0 Å². The molecule has 0 radical (unpaired) electrons. The number of allylic oxidation sites excluding steroid dienone is 1. The van der Waals surface area contributed by atoms with E-state index in [0.717, 1.165) is 19.3 Å². The number of aromatic nitrogens is 1. The van der Waals surface area contributed by atoms with Gasteiger partial charge < -0.3 is 14.8 Å². The summed E-state index contributed by atoms with van der Waals surface area (Å²) in [5.41, 5.74) is 1.40. The first-order valence-corrected chi connectivity index (χ1v) is 11.8. The Bertz CT molecular complexity index is 1120. The molecule has 1 unspecified atom stereocenters. The fraction of sp³-hybridized carbons (Fsp3) is 0.391. The van der Waals surface area contributed by atoms with E-state index in [2.05, 4.69) is 10.3 Å². The van der Waals surface area contributed by atoms with E-state index in [9.17, 15) is 14.0 Å². The molecule has 4 rings (SSSR count). The molecule has 1 fully saturated rings. The Balaban J connectivity index is 1.85. The van der Waals surface area contributed by atoms with Crippen LogP contribution in [0.1, 0.15) is 42.3 Å². The second-order valence-corrected chi connectivity index (χ2v) is 9.21. The van der Waals surface area contributed by atoms with Crippen LogP contribution in [0.3, 0.4) is 0 Å². The van der Waals surface area contributed by atoms with Crippen molar-refractivity contribution in [1.82, 2.24) is 10.3 Å². The number of nitrogens with zero attached hydrogens (tertiary/aromatic N) is 2. The molecule has 1 aromatic carbocycles. The molecule has 174 valence electrons. The van der Waals surface area contributed by atoms with Crippen molar-refractivity contribution in [2.45, 2.75) is 31.7 Å². The highest BCUT2D eigenvalue weighted by Gasteiger charge is 2.39. The van der Waals surface area contributed by atoms with Gasteiger partial charge in [0.2, 0.25) is 0 Å². The first-order valence-electron chi connectivity index (χ1n) is 10.5. The molecule has 3 atom stereocenters. The van der Waals surface area contributed by atoms with Crippen molar-refractivity contribution >= 4 is 40.7 Å². The summed E-state index contributed by atoms with van der Waals surface area (Å²) < 4.78 is 23.9. The van der Waals surface area contributed by atoms with Crippen molar-refractivity contribution in [3.05, 3.63) is 62.5 Å². The van der Waals surface area contributed by atoms with E-state index < -0.39 is 17.8 Å². The summed E-state index contributed by atoms with van der Waals surface area (Å²) in [6.45, 7) is 0. The summed E-state index contributed by atoms with van der Waals surface area (Å²) in [5, 5.41) is 5.92. The molecule has 10 heteroatoms. The SMILES string of the molecule is COC(=O)C1=C([C@H]2CCC[C@@H](C(=O)OC)C2)NC(c2nccs2)=NC1c1ccc(F)cc1Cl. The molecule has 33 heavy (non-hydrogen) atoms. The highest BCUT2D eigenvalue weighted by atomic mass is 35.5. The van der Waals surface area contributed by atoms with E-state index in [-0.39, 0.29) is 22.8 Å². The lowest BCUT2D eigenvalue weighted by molar-refractivity contribution is -0.146. The molecule has 2 heterocycles. The Morgan fingerprint density at radius 1 is 1.24 bits per heavy atom. The predicted molar refractivity (Wildman–Crippen MR) is 122 cm³/mol. The maximum Gasteiger partial charge on any atom is 0.338 e. The number of benzene rings is 1. The number of thiazole rings is 1. The zero-order valence-electron chi connectivity index (χ0n) is 18.1. The van der Waals surface area contributed by atoms with Gasteiger partial charge in [-0.3, -0.25) is 9.79 Å². The largest absolute Gasteiger partial charge is 0.469 e. The number of ether oxygens (including phenoxy) is 2. The fourth-order valence-electron chi connectivity index (χ4n) is 4.45. The summed E-state index contributed by atoms with van der Waals surface area (Å²) in [6.07, 6.45) is 4.48. The minimum atomic E-state index is -0.820. The molecule has 1 saturated carbocycles. The second kappa shape index (κ2) is 10.0. The predicted octanol–water partition coefficient (Wildman–Crippen LogP) is 4.43. The van der Waals surface area contributed by atoms with Gasteiger partial charge in [-0.05, 0) is 31.4 Å². The van der Waals surface area contributed by atoms with Gasteiger partial charge in [0, 0.05) is 33.8 Å². The van der Waals surface area contributed by atoms with E-state index >= 15 is 0 Å². The van der Waals surface area contributed by atoms with Gasteiger partial charge in [0.15, 0.2) is 10.8 Å². The summed E-state index contributed by atoms with van der Waals surface area (Å²) >= 11 is 7.78. The highest BCUT2D eigenvalue weighted by Crippen LogP contribution is 2.42. The molecule has 1 aliphatic carbocycles. The number of halogens is 2. The van der Waals surface area contributed by atoms with Gasteiger partial charge in [-0.25, -0.2) is 14.2 Å². The Labute approximate surface area is 199 Å². The zero-order chi connectivity index (χ0) is 23.5. The molecule has 7 nitrogen and oxygen atoms in total. The lowest BCUT2D eigenvalue weighted by atomic mass is 9.77. The number of carbonyl (C=O) groups is 2. The van der Waals surface area contributed by atoms with Crippen molar-refractivity contribution in [3.63, 3.8) is 0 Å². The number of hydrogen-bond acceptors (Lipinski definition) is 8. The van der Waals surface area contributed by atoms with Crippen LogP contribution in [0.15, 0.2) is 46.0 Å².